The van der Waals surface area contributed by atoms with Gasteiger partial charge in [-0.2, -0.15) is 0 Å². The first-order valence-corrected chi connectivity index (χ1v) is 8.47. The number of rotatable bonds is 4. The van der Waals surface area contributed by atoms with Crippen molar-refractivity contribution in [1.29, 1.82) is 0 Å². The van der Waals surface area contributed by atoms with Gasteiger partial charge in [0.1, 0.15) is 0 Å². The number of hydrogen-bond acceptors (Lipinski definition) is 4. The predicted molar refractivity (Wildman–Crippen MR) is 91.9 cm³/mol. The molecule has 1 aliphatic rings. The molecule has 2 aromatic rings. The molecule has 0 aliphatic carbocycles. The van der Waals surface area contributed by atoms with E-state index >= 15 is 0 Å². The van der Waals surface area contributed by atoms with Gasteiger partial charge < -0.3 is 9.52 Å². The maximum absolute atomic E-state index is 11.3. The molecule has 2 atom stereocenters. The van der Waals surface area contributed by atoms with Crippen molar-refractivity contribution in [2.24, 2.45) is 11.8 Å². The van der Waals surface area contributed by atoms with Gasteiger partial charge in [-0.1, -0.05) is 18.5 Å². The largest absolute Gasteiger partial charge is 0.481 e. The van der Waals surface area contributed by atoms with Gasteiger partial charge in [-0.3, -0.25) is 9.69 Å². The molecular weight excluding hydrogens is 328 g/mol. The second kappa shape index (κ2) is 6.95. The Labute approximate surface area is 146 Å². The normalized spacial score (nSPS) is 21.8. The van der Waals surface area contributed by atoms with Crippen LogP contribution in [0.1, 0.15) is 24.9 Å². The lowest BCUT2D eigenvalue weighted by Crippen LogP contribution is -2.42. The predicted octanol–water partition coefficient (Wildman–Crippen LogP) is 3.85. The third kappa shape index (κ3) is 3.79. The third-order valence-electron chi connectivity index (χ3n) is 4.39. The summed E-state index contributed by atoms with van der Waals surface area (Å²) in [5.74, 6) is 0.668. The van der Waals surface area contributed by atoms with Gasteiger partial charge in [0.05, 0.1) is 18.2 Å². The van der Waals surface area contributed by atoms with Crippen molar-refractivity contribution in [2.45, 2.75) is 26.8 Å². The van der Waals surface area contributed by atoms with E-state index in [-0.39, 0.29) is 5.92 Å². The van der Waals surface area contributed by atoms with Crippen LogP contribution in [0.3, 0.4) is 0 Å². The van der Waals surface area contributed by atoms with E-state index in [2.05, 4.69) is 16.8 Å². The Bertz CT molecular complexity index is 726. The molecule has 0 spiro atoms. The zero-order valence-corrected chi connectivity index (χ0v) is 14.6. The van der Waals surface area contributed by atoms with Crippen LogP contribution >= 0.6 is 11.6 Å². The van der Waals surface area contributed by atoms with E-state index in [4.69, 9.17) is 16.0 Å². The van der Waals surface area contributed by atoms with Gasteiger partial charge >= 0.3 is 5.97 Å². The van der Waals surface area contributed by atoms with Crippen molar-refractivity contribution in [1.82, 2.24) is 9.88 Å². The Morgan fingerprint density at radius 2 is 2.08 bits per heavy atom. The summed E-state index contributed by atoms with van der Waals surface area (Å²) in [7, 11) is 0. The van der Waals surface area contributed by atoms with Crippen molar-refractivity contribution >= 4 is 17.6 Å². The van der Waals surface area contributed by atoms with Crippen LogP contribution in [0.15, 0.2) is 28.7 Å². The first-order valence-electron chi connectivity index (χ1n) is 8.09. The van der Waals surface area contributed by atoms with Gasteiger partial charge in [0.2, 0.25) is 5.89 Å². The molecule has 1 N–H and O–H groups in total. The van der Waals surface area contributed by atoms with Gasteiger partial charge in [0.25, 0.3) is 0 Å². The Hall–Kier alpha value is -1.85. The summed E-state index contributed by atoms with van der Waals surface area (Å²) in [4.78, 5) is 17.9. The van der Waals surface area contributed by atoms with Crippen LogP contribution in [0.4, 0.5) is 0 Å². The molecule has 3 rings (SSSR count). The van der Waals surface area contributed by atoms with Crippen LogP contribution < -0.4 is 0 Å². The van der Waals surface area contributed by atoms with E-state index < -0.39 is 5.97 Å². The van der Waals surface area contributed by atoms with E-state index in [1.165, 1.54) is 0 Å². The second-order valence-electron chi connectivity index (χ2n) is 6.60. The molecule has 1 saturated heterocycles. The average Bonchev–Trinajstić information content (AvgIpc) is 2.88. The van der Waals surface area contributed by atoms with Gasteiger partial charge in [0, 0.05) is 23.7 Å². The first-order chi connectivity index (χ1) is 11.4. The molecule has 1 aromatic carbocycles. The number of carboxylic acid groups (broad SMARTS) is 1. The molecule has 24 heavy (non-hydrogen) atoms. The molecule has 0 saturated carbocycles. The number of hydrogen-bond donors (Lipinski definition) is 1. The lowest BCUT2D eigenvalue weighted by Gasteiger charge is -2.33. The molecule has 2 unspecified atom stereocenters. The van der Waals surface area contributed by atoms with Crippen molar-refractivity contribution in [3.8, 4) is 11.3 Å². The number of carbonyl (C=O) groups is 1. The van der Waals surface area contributed by atoms with Crippen LogP contribution in [-0.4, -0.2) is 34.0 Å². The van der Waals surface area contributed by atoms with Crippen molar-refractivity contribution in [2.75, 3.05) is 13.1 Å². The molecule has 1 aliphatic heterocycles. The zero-order chi connectivity index (χ0) is 17.3. The van der Waals surface area contributed by atoms with Crippen LogP contribution in [0.2, 0.25) is 5.02 Å². The number of oxazole rings is 1. The van der Waals surface area contributed by atoms with Gasteiger partial charge in [0.15, 0.2) is 5.76 Å². The minimum absolute atomic E-state index is 0.319. The maximum Gasteiger partial charge on any atom is 0.307 e. The molecular formula is C18H21ClN2O3. The fraction of sp³-hybridized carbons (Fsp3) is 0.444. The molecule has 1 aromatic heterocycles. The summed E-state index contributed by atoms with van der Waals surface area (Å²) in [5, 5.41) is 9.96. The van der Waals surface area contributed by atoms with E-state index in [0.29, 0.717) is 29.9 Å². The highest BCUT2D eigenvalue weighted by molar-refractivity contribution is 6.30. The highest BCUT2D eigenvalue weighted by Gasteiger charge is 2.30. The smallest absolute Gasteiger partial charge is 0.307 e. The first kappa shape index (κ1) is 17.0. The number of aromatic nitrogens is 1. The van der Waals surface area contributed by atoms with E-state index in [1.807, 2.05) is 31.2 Å². The van der Waals surface area contributed by atoms with Crippen LogP contribution in [0, 0.1) is 18.8 Å². The summed E-state index contributed by atoms with van der Waals surface area (Å²) in [5.41, 5.74) is 1.76. The minimum atomic E-state index is -0.725. The van der Waals surface area contributed by atoms with Crippen molar-refractivity contribution < 1.29 is 14.3 Å². The van der Waals surface area contributed by atoms with Crippen LogP contribution in [0.5, 0.6) is 0 Å². The Kier molecular flexibility index (Phi) is 4.92. The van der Waals surface area contributed by atoms with Gasteiger partial charge in [-0.15, -0.1) is 0 Å². The lowest BCUT2D eigenvalue weighted by molar-refractivity contribution is -0.144. The zero-order valence-electron chi connectivity index (χ0n) is 13.8. The van der Waals surface area contributed by atoms with E-state index in [0.717, 1.165) is 30.0 Å². The molecule has 6 heteroatoms. The molecule has 1 fully saturated rings. The summed E-state index contributed by atoms with van der Waals surface area (Å²) in [6.45, 7) is 5.93. The Balaban J connectivity index is 1.75. The summed E-state index contributed by atoms with van der Waals surface area (Å²) in [6, 6.07) is 7.46. The van der Waals surface area contributed by atoms with Crippen molar-refractivity contribution in [3.05, 3.63) is 40.9 Å². The number of carboxylic acids is 1. The van der Waals surface area contributed by atoms with E-state index in [1.54, 1.807) is 0 Å². The highest BCUT2D eigenvalue weighted by Crippen LogP contribution is 2.28. The molecule has 0 radical (unpaired) electrons. The maximum atomic E-state index is 11.3. The number of halogens is 1. The molecule has 0 bridgehead atoms. The number of likely N-dealkylation sites (tertiary alicyclic amines) is 1. The number of benzene rings is 1. The Morgan fingerprint density at radius 1 is 1.38 bits per heavy atom. The average molecular weight is 349 g/mol. The fourth-order valence-corrected chi connectivity index (χ4v) is 3.48. The molecule has 0 amide bonds. The SMILES string of the molecule is Cc1nc(CN2CC(C)CC(C(=O)O)C2)oc1-c1ccc(Cl)cc1. The van der Waals surface area contributed by atoms with Gasteiger partial charge in [-0.25, -0.2) is 4.98 Å². The summed E-state index contributed by atoms with van der Waals surface area (Å²) >= 11 is 5.92. The minimum Gasteiger partial charge on any atom is -0.481 e. The third-order valence-corrected chi connectivity index (χ3v) is 4.64. The molecule has 128 valence electrons. The lowest BCUT2D eigenvalue weighted by atomic mass is 9.90. The van der Waals surface area contributed by atoms with E-state index in [9.17, 15) is 9.90 Å². The molecule has 5 nitrogen and oxygen atoms in total. The number of nitrogens with zero attached hydrogens (tertiary/aromatic N) is 2. The summed E-state index contributed by atoms with van der Waals surface area (Å²) in [6.07, 6.45) is 0.729. The second-order valence-corrected chi connectivity index (χ2v) is 7.04. The number of piperidine rings is 1. The monoisotopic (exact) mass is 348 g/mol. The van der Waals surface area contributed by atoms with Crippen LogP contribution in [0.25, 0.3) is 11.3 Å². The molecule has 2 heterocycles. The highest BCUT2D eigenvalue weighted by atomic mass is 35.5. The number of aliphatic carboxylic acids is 1. The standard InChI is InChI=1S/C18H21ClN2O3/c1-11-7-14(18(22)23)9-21(8-11)10-16-20-12(2)17(24-16)13-3-5-15(19)6-4-13/h3-6,11,14H,7-10H2,1-2H3,(H,22,23). The van der Waals surface area contributed by atoms with Crippen LogP contribution in [-0.2, 0) is 11.3 Å². The van der Waals surface area contributed by atoms with Crippen molar-refractivity contribution in [3.63, 3.8) is 0 Å². The van der Waals surface area contributed by atoms with Gasteiger partial charge in [-0.05, 0) is 43.5 Å². The quantitative estimate of drug-likeness (QED) is 0.909. The Morgan fingerprint density at radius 3 is 2.75 bits per heavy atom. The fourth-order valence-electron chi connectivity index (χ4n) is 3.35. The summed E-state index contributed by atoms with van der Waals surface area (Å²) < 4.78 is 5.93. The number of aryl methyl sites for hydroxylation is 1. The topological polar surface area (TPSA) is 66.6 Å².